The molecule has 1 aliphatic rings. The second-order valence-corrected chi connectivity index (χ2v) is 8.36. The first-order valence-corrected chi connectivity index (χ1v) is 11.0. The van der Waals surface area contributed by atoms with Crippen LogP contribution in [-0.2, 0) is 0 Å². The molecule has 1 amide bonds. The van der Waals surface area contributed by atoms with Crippen LogP contribution in [0.5, 0.6) is 0 Å². The SMILES string of the molecule is O=C(c1ccc(-n2cnc3ccccc32)cc1)N1CCC(c2nc3ccccc3[nH]2)CC1. The van der Waals surface area contributed by atoms with Gasteiger partial charge in [-0.25, -0.2) is 9.97 Å². The Labute approximate surface area is 185 Å². The van der Waals surface area contributed by atoms with Gasteiger partial charge in [0.2, 0.25) is 0 Å². The van der Waals surface area contributed by atoms with Crippen molar-refractivity contribution < 1.29 is 4.79 Å². The maximum absolute atomic E-state index is 13.1. The third kappa shape index (κ3) is 3.24. The molecule has 3 aromatic carbocycles. The molecule has 5 aromatic rings. The number of aromatic amines is 1. The van der Waals surface area contributed by atoms with Crippen LogP contribution < -0.4 is 0 Å². The molecule has 0 aliphatic carbocycles. The molecule has 1 aliphatic heterocycles. The molecule has 1 fully saturated rings. The Bertz CT molecular complexity index is 1370. The molecule has 1 N–H and O–H groups in total. The van der Waals surface area contributed by atoms with Gasteiger partial charge < -0.3 is 9.88 Å². The number of nitrogens with one attached hydrogen (secondary N) is 1. The zero-order valence-electron chi connectivity index (χ0n) is 17.6. The molecule has 32 heavy (non-hydrogen) atoms. The minimum absolute atomic E-state index is 0.0927. The highest BCUT2D eigenvalue weighted by Gasteiger charge is 2.26. The van der Waals surface area contributed by atoms with E-state index in [0.29, 0.717) is 5.92 Å². The molecule has 1 saturated heterocycles. The number of hydrogen-bond acceptors (Lipinski definition) is 3. The molecule has 3 heterocycles. The number of carbonyl (C=O) groups excluding carboxylic acids is 1. The largest absolute Gasteiger partial charge is 0.342 e. The number of rotatable bonds is 3. The van der Waals surface area contributed by atoms with Crippen molar-refractivity contribution in [1.29, 1.82) is 0 Å². The molecular formula is C26H23N5O. The predicted molar refractivity (Wildman–Crippen MR) is 125 cm³/mol. The highest BCUT2D eigenvalue weighted by molar-refractivity contribution is 5.94. The molecule has 0 bridgehead atoms. The van der Waals surface area contributed by atoms with E-state index in [-0.39, 0.29) is 5.91 Å². The van der Waals surface area contributed by atoms with Crippen molar-refractivity contribution in [2.24, 2.45) is 0 Å². The number of likely N-dealkylation sites (tertiary alicyclic amines) is 1. The fourth-order valence-electron chi connectivity index (χ4n) is 4.63. The van der Waals surface area contributed by atoms with Gasteiger partial charge in [0.25, 0.3) is 5.91 Å². The van der Waals surface area contributed by atoms with Gasteiger partial charge >= 0.3 is 0 Å². The number of piperidine rings is 1. The van der Waals surface area contributed by atoms with Crippen molar-refractivity contribution in [3.63, 3.8) is 0 Å². The molecule has 6 heteroatoms. The van der Waals surface area contributed by atoms with Crippen LogP contribution in [0.25, 0.3) is 27.8 Å². The Balaban J connectivity index is 1.15. The molecule has 0 atom stereocenters. The predicted octanol–water partition coefficient (Wildman–Crippen LogP) is 4.92. The van der Waals surface area contributed by atoms with E-state index in [4.69, 9.17) is 4.98 Å². The van der Waals surface area contributed by atoms with E-state index in [9.17, 15) is 4.79 Å². The summed E-state index contributed by atoms with van der Waals surface area (Å²) in [5, 5.41) is 0. The lowest BCUT2D eigenvalue weighted by Gasteiger charge is -2.31. The zero-order valence-corrected chi connectivity index (χ0v) is 17.6. The monoisotopic (exact) mass is 421 g/mol. The van der Waals surface area contributed by atoms with Crippen LogP contribution in [0.2, 0.25) is 0 Å². The van der Waals surface area contributed by atoms with Crippen LogP contribution in [-0.4, -0.2) is 43.4 Å². The molecule has 158 valence electrons. The minimum Gasteiger partial charge on any atom is -0.342 e. The third-order valence-electron chi connectivity index (χ3n) is 6.42. The lowest BCUT2D eigenvalue weighted by molar-refractivity contribution is 0.0711. The molecular weight excluding hydrogens is 398 g/mol. The number of benzene rings is 3. The van der Waals surface area contributed by atoms with E-state index in [2.05, 4.69) is 16.0 Å². The average Bonchev–Trinajstić information content (AvgIpc) is 3.48. The van der Waals surface area contributed by atoms with Gasteiger partial charge in [-0.1, -0.05) is 24.3 Å². The molecule has 0 radical (unpaired) electrons. The molecule has 0 unspecified atom stereocenters. The second-order valence-electron chi connectivity index (χ2n) is 8.36. The summed E-state index contributed by atoms with van der Waals surface area (Å²) in [7, 11) is 0. The summed E-state index contributed by atoms with van der Waals surface area (Å²) in [6, 6.07) is 24.0. The number of H-pyrrole nitrogens is 1. The summed E-state index contributed by atoms with van der Waals surface area (Å²) in [5.74, 6) is 1.49. The average molecular weight is 422 g/mol. The standard InChI is InChI=1S/C26H23N5O/c32-26(19-9-11-20(12-10-19)31-17-27-23-7-3-4-8-24(23)31)30-15-13-18(14-16-30)25-28-21-5-1-2-6-22(21)29-25/h1-12,17-18H,13-16H2,(H,28,29). The Hall–Kier alpha value is -3.93. The van der Waals surface area contributed by atoms with Crippen molar-refractivity contribution in [2.75, 3.05) is 13.1 Å². The van der Waals surface area contributed by atoms with Crippen LogP contribution in [0.4, 0.5) is 0 Å². The summed E-state index contributed by atoms with van der Waals surface area (Å²) in [5.41, 5.74) is 5.82. The van der Waals surface area contributed by atoms with Gasteiger partial charge in [0, 0.05) is 30.3 Å². The smallest absolute Gasteiger partial charge is 0.253 e. The molecule has 6 nitrogen and oxygen atoms in total. The van der Waals surface area contributed by atoms with Gasteiger partial charge in [0.1, 0.15) is 12.2 Å². The number of carbonyl (C=O) groups is 1. The van der Waals surface area contributed by atoms with Crippen LogP contribution in [0, 0.1) is 0 Å². The number of hydrogen-bond donors (Lipinski definition) is 1. The highest BCUT2D eigenvalue weighted by Crippen LogP contribution is 2.28. The normalized spacial score (nSPS) is 14.9. The van der Waals surface area contributed by atoms with Crippen LogP contribution >= 0.6 is 0 Å². The Morgan fingerprint density at radius 3 is 2.38 bits per heavy atom. The fourth-order valence-corrected chi connectivity index (χ4v) is 4.63. The van der Waals surface area contributed by atoms with Crippen LogP contribution in [0.1, 0.15) is 34.9 Å². The van der Waals surface area contributed by atoms with Crippen molar-refractivity contribution in [1.82, 2.24) is 24.4 Å². The Kier molecular flexibility index (Phi) is 4.49. The number of aromatic nitrogens is 4. The minimum atomic E-state index is 0.0927. The van der Waals surface area contributed by atoms with E-state index in [1.165, 1.54) is 0 Å². The van der Waals surface area contributed by atoms with Crippen molar-refractivity contribution in [3.05, 3.63) is 90.5 Å². The maximum atomic E-state index is 13.1. The second kappa shape index (κ2) is 7.64. The molecule has 0 saturated carbocycles. The van der Waals surface area contributed by atoms with E-state index >= 15 is 0 Å². The fraction of sp³-hybridized carbons (Fsp3) is 0.192. The maximum Gasteiger partial charge on any atom is 0.253 e. The Morgan fingerprint density at radius 2 is 1.59 bits per heavy atom. The van der Waals surface area contributed by atoms with Gasteiger partial charge in [0.15, 0.2) is 0 Å². The van der Waals surface area contributed by atoms with Gasteiger partial charge in [-0.15, -0.1) is 0 Å². The lowest BCUT2D eigenvalue weighted by atomic mass is 9.95. The number of fused-ring (bicyclic) bond motifs is 2. The number of amides is 1. The van der Waals surface area contributed by atoms with E-state index < -0.39 is 0 Å². The number of imidazole rings is 2. The summed E-state index contributed by atoms with van der Waals surface area (Å²) >= 11 is 0. The molecule has 6 rings (SSSR count). The van der Waals surface area contributed by atoms with E-state index in [1.54, 1.807) is 0 Å². The zero-order chi connectivity index (χ0) is 21.5. The first kappa shape index (κ1) is 18.8. The van der Waals surface area contributed by atoms with Crippen LogP contribution in [0.15, 0.2) is 79.1 Å². The van der Waals surface area contributed by atoms with Crippen molar-refractivity contribution in [2.45, 2.75) is 18.8 Å². The summed E-state index contributed by atoms with van der Waals surface area (Å²) in [4.78, 5) is 27.7. The quantitative estimate of drug-likeness (QED) is 0.450. The number of para-hydroxylation sites is 4. The first-order chi connectivity index (χ1) is 15.8. The lowest BCUT2D eigenvalue weighted by Crippen LogP contribution is -2.38. The van der Waals surface area contributed by atoms with Gasteiger partial charge in [-0.2, -0.15) is 0 Å². The molecule has 0 spiro atoms. The first-order valence-electron chi connectivity index (χ1n) is 11.0. The van der Waals surface area contributed by atoms with Gasteiger partial charge in [-0.05, 0) is 61.4 Å². The molecule has 2 aromatic heterocycles. The summed E-state index contributed by atoms with van der Waals surface area (Å²) in [6.07, 6.45) is 3.67. The summed E-state index contributed by atoms with van der Waals surface area (Å²) < 4.78 is 2.04. The number of nitrogens with zero attached hydrogens (tertiary/aromatic N) is 4. The van der Waals surface area contributed by atoms with Gasteiger partial charge in [0.05, 0.1) is 22.1 Å². The summed E-state index contributed by atoms with van der Waals surface area (Å²) in [6.45, 7) is 1.49. The van der Waals surface area contributed by atoms with E-state index in [1.807, 2.05) is 82.5 Å². The van der Waals surface area contributed by atoms with Crippen molar-refractivity contribution >= 4 is 28.0 Å². The topological polar surface area (TPSA) is 66.8 Å². The van der Waals surface area contributed by atoms with Crippen molar-refractivity contribution in [3.8, 4) is 5.69 Å². The Morgan fingerprint density at radius 1 is 0.875 bits per heavy atom. The van der Waals surface area contributed by atoms with E-state index in [0.717, 1.165) is 65.1 Å². The third-order valence-corrected chi connectivity index (χ3v) is 6.42. The van der Waals surface area contributed by atoms with Crippen LogP contribution in [0.3, 0.4) is 0 Å². The van der Waals surface area contributed by atoms with Gasteiger partial charge in [-0.3, -0.25) is 9.36 Å². The highest BCUT2D eigenvalue weighted by atomic mass is 16.2.